The maximum absolute atomic E-state index is 10.8. The number of carboxylic acid groups (broad SMARTS) is 2. The minimum atomic E-state index is -1.57. The Bertz CT molecular complexity index is 340. The van der Waals surface area contributed by atoms with Crippen LogP contribution < -0.4 is 0 Å². The van der Waals surface area contributed by atoms with Gasteiger partial charge in [-0.2, -0.15) is 0 Å². The van der Waals surface area contributed by atoms with E-state index in [-0.39, 0.29) is 12.8 Å². The Balaban J connectivity index is 3.77. The minimum absolute atomic E-state index is 0.170. The average Bonchev–Trinajstić information content (AvgIpc) is 2.54. The molecule has 0 bridgehead atoms. The van der Waals surface area contributed by atoms with Gasteiger partial charge in [0.2, 0.25) is 0 Å². The molecule has 0 aromatic rings. The Morgan fingerprint density at radius 2 is 1.04 bits per heavy atom. The lowest BCUT2D eigenvalue weighted by molar-refractivity contribution is -0.188. The van der Waals surface area contributed by atoms with E-state index in [0.717, 1.165) is 19.3 Å². The van der Waals surface area contributed by atoms with Crippen molar-refractivity contribution in [1.29, 1.82) is 0 Å². The molecule has 6 nitrogen and oxygen atoms in total. The molecule has 0 rings (SSSR count). The Kier molecular flexibility index (Phi) is 14.0. The number of hydrogen-bond acceptors (Lipinski definition) is 4. The van der Waals surface area contributed by atoms with Crippen molar-refractivity contribution in [2.24, 2.45) is 0 Å². The van der Waals surface area contributed by atoms with Gasteiger partial charge in [0.1, 0.15) is 0 Å². The number of unbranched alkanes of at least 4 members (excludes halogenated alkanes) is 11. The lowest BCUT2D eigenvalue weighted by Gasteiger charge is -2.29. The largest absolute Gasteiger partial charge is 0.509 e. The van der Waals surface area contributed by atoms with Gasteiger partial charge in [-0.15, -0.1) is 0 Å². The quantitative estimate of drug-likeness (QED) is 0.184. The average molecular weight is 360 g/mol. The third kappa shape index (κ3) is 13.5. The van der Waals surface area contributed by atoms with Crippen LogP contribution in [0.25, 0.3) is 0 Å². The second-order valence-corrected chi connectivity index (χ2v) is 6.64. The number of rotatable bonds is 16. The fraction of sp³-hybridized carbons (Fsp3) is 0.895. The van der Waals surface area contributed by atoms with Crippen LogP contribution in [0.15, 0.2) is 0 Å². The molecule has 0 atom stereocenters. The summed E-state index contributed by atoms with van der Waals surface area (Å²) in [4.78, 5) is 21.6. The molecule has 0 aliphatic rings. The van der Waals surface area contributed by atoms with Crippen LogP contribution >= 0.6 is 0 Å². The Morgan fingerprint density at radius 3 is 1.36 bits per heavy atom. The smallest absolute Gasteiger partial charge is 0.450 e. The highest BCUT2D eigenvalue weighted by Crippen LogP contribution is 2.26. The zero-order chi connectivity index (χ0) is 19.0. The molecule has 0 fully saturated rings. The Hall–Kier alpha value is -1.46. The SMILES string of the molecule is CCCCCCCCCCCCCCC(CC)(OC(=O)O)OC(=O)O. The molecule has 25 heavy (non-hydrogen) atoms. The minimum Gasteiger partial charge on any atom is -0.450 e. The third-order valence-corrected chi connectivity index (χ3v) is 4.50. The molecule has 148 valence electrons. The van der Waals surface area contributed by atoms with Crippen molar-refractivity contribution in [3.8, 4) is 0 Å². The number of hydrogen-bond donors (Lipinski definition) is 2. The molecule has 0 heterocycles. The third-order valence-electron chi connectivity index (χ3n) is 4.50. The van der Waals surface area contributed by atoms with E-state index in [0.29, 0.717) is 6.42 Å². The summed E-state index contributed by atoms with van der Waals surface area (Å²) < 4.78 is 9.42. The van der Waals surface area contributed by atoms with E-state index in [1.807, 2.05) is 0 Å². The van der Waals surface area contributed by atoms with Gasteiger partial charge in [-0.3, -0.25) is 0 Å². The summed E-state index contributed by atoms with van der Waals surface area (Å²) in [5, 5.41) is 17.6. The van der Waals surface area contributed by atoms with E-state index in [2.05, 4.69) is 6.92 Å². The van der Waals surface area contributed by atoms with E-state index >= 15 is 0 Å². The number of carbonyl (C=O) groups is 2. The van der Waals surface area contributed by atoms with Crippen LogP contribution in [-0.4, -0.2) is 28.3 Å². The van der Waals surface area contributed by atoms with Gasteiger partial charge in [-0.05, 0) is 6.42 Å². The zero-order valence-electron chi connectivity index (χ0n) is 15.9. The highest BCUT2D eigenvalue weighted by atomic mass is 16.8. The molecule has 0 saturated carbocycles. The van der Waals surface area contributed by atoms with Gasteiger partial charge in [0.05, 0.1) is 0 Å². The molecule has 6 heteroatoms. The highest BCUT2D eigenvalue weighted by Gasteiger charge is 2.36. The van der Waals surface area contributed by atoms with Crippen LogP contribution in [0.2, 0.25) is 0 Å². The van der Waals surface area contributed by atoms with Crippen molar-refractivity contribution in [2.45, 2.75) is 110 Å². The molecule has 0 aliphatic heterocycles. The zero-order valence-corrected chi connectivity index (χ0v) is 15.9. The molecule has 0 saturated heterocycles. The molecule has 0 amide bonds. The van der Waals surface area contributed by atoms with Gasteiger partial charge >= 0.3 is 12.3 Å². The second-order valence-electron chi connectivity index (χ2n) is 6.64. The van der Waals surface area contributed by atoms with Crippen molar-refractivity contribution < 1.29 is 29.3 Å². The van der Waals surface area contributed by atoms with Crippen molar-refractivity contribution in [3.05, 3.63) is 0 Å². The lowest BCUT2D eigenvalue weighted by Crippen LogP contribution is -2.39. The fourth-order valence-corrected chi connectivity index (χ4v) is 3.00. The van der Waals surface area contributed by atoms with Gasteiger partial charge in [0.15, 0.2) is 0 Å². The van der Waals surface area contributed by atoms with Crippen LogP contribution in [0.5, 0.6) is 0 Å². The maximum Gasteiger partial charge on any atom is 0.509 e. The van der Waals surface area contributed by atoms with Crippen LogP contribution in [-0.2, 0) is 9.47 Å². The summed E-state index contributed by atoms with van der Waals surface area (Å²) in [6.07, 6.45) is 11.7. The predicted octanol–water partition coefficient (Wildman–Crippen LogP) is 6.57. The molecule has 0 aromatic heterocycles. The first-order valence-electron chi connectivity index (χ1n) is 9.79. The van der Waals surface area contributed by atoms with E-state index in [1.165, 1.54) is 51.4 Å². The molecular formula is C19H36O6. The summed E-state index contributed by atoms with van der Waals surface area (Å²) in [5.41, 5.74) is 0. The first-order valence-corrected chi connectivity index (χ1v) is 9.79. The highest BCUT2D eigenvalue weighted by molar-refractivity contribution is 5.60. The summed E-state index contributed by atoms with van der Waals surface area (Å²) in [6.45, 7) is 3.89. The van der Waals surface area contributed by atoms with Crippen LogP contribution in [0.1, 0.15) is 104 Å². The van der Waals surface area contributed by atoms with E-state index in [9.17, 15) is 9.59 Å². The molecule has 0 aliphatic carbocycles. The van der Waals surface area contributed by atoms with Gasteiger partial charge < -0.3 is 19.7 Å². The number of ether oxygens (including phenoxy) is 2. The van der Waals surface area contributed by atoms with Crippen LogP contribution in [0.3, 0.4) is 0 Å². The van der Waals surface area contributed by atoms with E-state index in [4.69, 9.17) is 19.7 Å². The van der Waals surface area contributed by atoms with Crippen molar-refractivity contribution in [3.63, 3.8) is 0 Å². The Labute approximate surface area is 151 Å². The van der Waals surface area contributed by atoms with Crippen LogP contribution in [0, 0.1) is 0 Å². The first-order chi connectivity index (χ1) is 12.0. The predicted molar refractivity (Wildman–Crippen MR) is 96.9 cm³/mol. The van der Waals surface area contributed by atoms with E-state index in [1.54, 1.807) is 6.92 Å². The van der Waals surface area contributed by atoms with Crippen molar-refractivity contribution in [1.82, 2.24) is 0 Å². The maximum atomic E-state index is 10.8. The summed E-state index contributed by atoms with van der Waals surface area (Å²) >= 11 is 0. The monoisotopic (exact) mass is 360 g/mol. The van der Waals surface area contributed by atoms with Gasteiger partial charge in [0, 0.05) is 12.8 Å². The van der Waals surface area contributed by atoms with Crippen molar-refractivity contribution >= 4 is 12.3 Å². The fourth-order valence-electron chi connectivity index (χ4n) is 3.00. The second kappa shape index (κ2) is 14.8. The van der Waals surface area contributed by atoms with E-state index < -0.39 is 18.1 Å². The molecule has 2 N–H and O–H groups in total. The van der Waals surface area contributed by atoms with Crippen LogP contribution in [0.4, 0.5) is 9.59 Å². The topological polar surface area (TPSA) is 93.1 Å². The van der Waals surface area contributed by atoms with Gasteiger partial charge in [-0.25, -0.2) is 9.59 Å². The molecular weight excluding hydrogens is 324 g/mol. The summed E-state index contributed by atoms with van der Waals surface area (Å²) in [7, 11) is 0. The van der Waals surface area contributed by atoms with Gasteiger partial charge in [-0.1, -0.05) is 84.5 Å². The standard InChI is InChI=1S/C19H36O6/c1-3-5-6-7-8-9-10-11-12-13-14-15-16-19(4-2,24-17(20)21)25-18(22)23/h3-16H2,1-2H3,(H,20,21)(H,22,23). The summed E-state index contributed by atoms with van der Waals surface area (Å²) in [6, 6.07) is 0. The van der Waals surface area contributed by atoms with Gasteiger partial charge in [0.25, 0.3) is 5.79 Å². The van der Waals surface area contributed by atoms with Crippen molar-refractivity contribution in [2.75, 3.05) is 0 Å². The first kappa shape index (κ1) is 23.5. The normalized spacial score (nSPS) is 11.3. The lowest BCUT2D eigenvalue weighted by atomic mass is 10.0. The Morgan fingerprint density at radius 1 is 0.680 bits per heavy atom. The molecule has 0 spiro atoms. The molecule has 0 unspecified atom stereocenters. The molecule has 0 radical (unpaired) electrons. The molecule has 0 aromatic carbocycles. The summed E-state index contributed by atoms with van der Waals surface area (Å²) in [5.74, 6) is -1.57.